The Hall–Kier alpha value is -1.95. The van der Waals surface area contributed by atoms with Crippen LogP contribution in [0.5, 0.6) is 0 Å². The van der Waals surface area contributed by atoms with Crippen molar-refractivity contribution in [3.05, 3.63) is 70.6 Å². The van der Waals surface area contributed by atoms with Gasteiger partial charge in [0.05, 0.1) is 5.69 Å². The maximum atomic E-state index is 12.1. The number of nitrogens with one attached hydrogen (secondary N) is 1. The topological polar surface area (TPSA) is 33.0 Å². The molecule has 0 aliphatic rings. The smallest absolute Gasteiger partial charge is 0.290 e. The van der Waals surface area contributed by atoms with Crippen LogP contribution in [0.4, 0.5) is 5.69 Å². The lowest BCUT2D eigenvalue weighted by Crippen LogP contribution is -2.39. The van der Waals surface area contributed by atoms with Gasteiger partial charge >= 0.3 is 0 Å². The fourth-order valence-corrected chi connectivity index (χ4v) is 2.72. The number of carbonyl (C=O) groups is 1. The second-order valence-electron chi connectivity index (χ2n) is 4.77. The summed E-state index contributed by atoms with van der Waals surface area (Å²) in [6.07, 6.45) is 3.92. The van der Waals surface area contributed by atoms with E-state index in [1.54, 1.807) is 0 Å². The zero-order valence-corrected chi connectivity index (χ0v) is 13.4. The molecule has 21 heavy (non-hydrogen) atoms. The summed E-state index contributed by atoms with van der Waals surface area (Å²) in [6, 6.07) is 17.9. The van der Waals surface area contributed by atoms with E-state index in [-0.39, 0.29) is 5.91 Å². The van der Waals surface area contributed by atoms with Gasteiger partial charge in [-0.3, -0.25) is 4.79 Å². The third-order valence-corrected chi connectivity index (χ3v) is 4.16. The van der Waals surface area contributed by atoms with E-state index in [0.717, 1.165) is 14.6 Å². The number of carbonyl (C=O) groups excluding carboxylic acids is 1. The molecular weight excluding hydrogens is 375 g/mol. The van der Waals surface area contributed by atoms with E-state index in [0.29, 0.717) is 6.54 Å². The van der Waals surface area contributed by atoms with E-state index in [9.17, 15) is 4.79 Å². The van der Waals surface area contributed by atoms with Crippen molar-refractivity contribution in [2.75, 3.05) is 5.32 Å². The molecule has 0 saturated carbocycles. The minimum absolute atomic E-state index is 0.0283. The Morgan fingerprint density at radius 3 is 2.52 bits per heavy atom. The molecule has 0 aliphatic heterocycles. The molecule has 3 aromatic rings. The van der Waals surface area contributed by atoms with Gasteiger partial charge < -0.3 is 5.32 Å². The van der Waals surface area contributed by atoms with Crippen molar-refractivity contribution in [1.29, 1.82) is 0 Å². The molecule has 3 rings (SSSR count). The van der Waals surface area contributed by atoms with Crippen LogP contribution in [0.3, 0.4) is 0 Å². The fourth-order valence-electron chi connectivity index (χ4n) is 2.19. The Kier molecular flexibility index (Phi) is 4.15. The number of para-hydroxylation sites is 1. The predicted octanol–water partition coefficient (Wildman–Crippen LogP) is 3.37. The zero-order valence-electron chi connectivity index (χ0n) is 11.3. The van der Waals surface area contributed by atoms with Crippen LogP contribution in [0.1, 0.15) is 0 Å². The van der Waals surface area contributed by atoms with Crippen LogP contribution in [0, 0.1) is 3.57 Å². The van der Waals surface area contributed by atoms with E-state index in [4.69, 9.17) is 0 Å². The van der Waals surface area contributed by atoms with E-state index < -0.39 is 0 Å². The van der Waals surface area contributed by atoms with Crippen LogP contribution in [-0.2, 0) is 11.3 Å². The van der Waals surface area contributed by atoms with Crippen LogP contribution in [0.15, 0.2) is 67.0 Å². The van der Waals surface area contributed by atoms with Crippen molar-refractivity contribution in [3.8, 4) is 0 Å². The highest BCUT2D eigenvalue weighted by molar-refractivity contribution is 14.1. The predicted molar refractivity (Wildman–Crippen MR) is 91.9 cm³/mol. The standard InChI is InChI=1S/C17H13IN2O/c18-15-7-3-4-8-16(15)19-17(21)12-20-10-9-13-5-1-2-6-14(13)11-20/h1-11H,12H2/p+1. The second kappa shape index (κ2) is 6.22. The summed E-state index contributed by atoms with van der Waals surface area (Å²) in [4.78, 5) is 12.1. The third kappa shape index (κ3) is 3.39. The number of amides is 1. The highest BCUT2D eigenvalue weighted by atomic mass is 127. The molecule has 2 aromatic carbocycles. The minimum atomic E-state index is -0.0283. The maximum Gasteiger partial charge on any atom is 0.290 e. The summed E-state index contributed by atoms with van der Waals surface area (Å²) >= 11 is 2.21. The summed E-state index contributed by atoms with van der Waals surface area (Å²) in [6.45, 7) is 0.301. The van der Waals surface area contributed by atoms with Crippen LogP contribution < -0.4 is 9.88 Å². The average molecular weight is 389 g/mol. The van der Waals surface area contributed by atoms with Crippen molar-refractivity contribution < 1.29 is 9.36 Å². The summed E-state index contributed by atoms with van der Waals surface area (Å²) in [7, 11) is 0. The quantitative estimate of drug-likeness (QED) is 0.541. The molecule has 1 amide bonds. The molecule has 104 valence electrons. The number of hydrogen-bond acceptors (Lipinski definition) is 1. The van der Waals surface area contributed by atoms with Gasteiger partial charge in [-0.25, -0.2) is 0 Å². The van der Waals surface area contributed by atoms with E-state index in [1.807, 2.05) is 65.5 Å². The Morgan fingerprint density at radius 2 is 1.71 bits per heavy atom. The Morgan fingerprint density at radius 1 is 1.00 bits per heavy atom. The summed E-state index contributed by atoms with van der Waals surface area (Å²) in [5, 5.41) is 5.24. The number of benzene rings is 2. The van der Waals surface area contributed by atoms with Gasteiger partial charge in [0.2, 0.25) is 6.54 Å². The van der Waals surface area contributed by atoms with Crippen LogP contribution in [0.25, 0.3) is 10.8 Å². The third-order valence-electron chi connectivity index (χ3n) is 3.22. The van der Waals surface area contributed by atoms with Crippen LogP contribution >= 0.6 is 22.6 Å². The molecule has 0 aliphatic carbocycles. The highest BCUT2D eigenvalue weighted by Gasteiger charge is 2.11. The number of halogens is 1. The molecule has 0 bridgehead atoms. The number of rotatable bonds is 3. The zero-order chi connectivity index (χ0) is 14.7. The monoisotopic (exact) mass is 389 g/mol. The van der Waals surface area contributed by atoms with Gasteiger partial charge in [-0.15, -0.1) is 0 Å². The molecule has 4 heteroatoms. The first-order valence-electron chi connectivity index (χ1n) is 6.64. The number of aromatic nitrogens is 1. The van der Waals surface area contributed by atoms with Gasteiger partial charge in [0, 0.05) is 15.0 Å². The minimum Gasteiger partial charge on any atom is -0.320 e. The van der Waals surface area contributed by atoms with E-state index >= 15 is 0 Å². The van der Waals surface area contributed by atoms with Gasteiger partial charge in [-0.05, 0) is 46.2 Å². The molecule has 1 N–H and O–H groups in total. The molecule has 1 heterocycles. The first-order chi connectivity index (χ1) is 10.2. The van der Waals surface area contributed by atoms with Gasteiger partial charge in [-0.2, -0.15) is 4.57 Å². The van der Waals surface area contributed by atoms with E-state index in [2.05, 4.69) is 34.0 Å². The van der Waals surface area contributed by atoms with Crippen molar-refractivity contribution in [2.45, 2.75) is 6.54 Å². The van der Waals surface area contributed by atoms with E-state index in [1.165, 1.54) is 5.39 Å². The van der Waals surface area contributed by atoms with Crippen LogP contribution in [0.2, 0.25) is 0 Å². The normalized spacial score (nSPS) is 10.5. The highest BCUT2D eigenvalue weighted by Crippen LogP contribution is 2.16. The average Bonchev–Trinajstić information content (AvgIpc) is 2.49. The molecule has 0 atom stereocenters. The fraction of sp³-hybridized carbons (Fsp3) is 0.0588. The van der Waals surface area contributed by atoms with Gasteiger partial charge in [-0.1, -0.05) is 30.3 Å². The summed E-state index contributed by atoms with van der Waals surface area (Å²) in [5.74, 6) is -0.0283. The number of hydrogen-bond donors (Lipinski definition) is 1. The van der Waals surface area contributed by atoms with Crippen molar-refractivity contribution in [1.82, 2.24) is 0 Å². The Balaban J connectivity index is 1.75. The SMILES string of the molecule is O=C(C[n+]1ccc2ccccc2c1)Nc1ccccc1I. The molecule has 0 saturated heterocycles. The number of anilines is 1. The van der Waals surface area contributed by atoms with Crippen molar-refractivity contribution in [2.24, 2.45) is 0 Å². The first-order valence-corrected chi connectivity index (χ1v) is 7.72. The molecule has 0 fully saturated rings. The number of fused-ring (bicyclic) bond motifs is 1. The maximum absolute atomic E-state index is 12.1. The van der Waals surface area contributed by atoms with Crippen LogP contribution in [-0.4, -0.2) is 5.91 Å². The molecule has 0 unspecified atom stereocenters. The second-order valence-corrected chi connectivity index (χ2v) is 5.94. The molecule has 0 radical (unpaired) electrons. The summed E-state index contributed by atoms with van der Waals surface area (Å²) in [5.41, 5.74) is 0.851. The lowest BCUT2D eigenvalue weighted by atomic mass is 10.2. The van der Waals surface area contributed by atoms with Gasteiger partial charge in [0.1, 0.15) is 0 Å². The van der Waals surface area contributed by atoms with Gasteiger partial charge in [0.15, 0.2) is 12.4 Å². The molecule has 1 aromatic heterocycles. The number of pyridine rings is 1. The Labute approximate surface area is 136 Å². The largest absolute Gasteiger partial charge is 0.320 e. The summed E-state index contributed by atoms with van der Waals surface area (Å²) < 4.78 is 2.93. The van der Waals surface area contributed by atoms with Crippen molar-refractivity contribution >= 4 is 45.0 Å². The van der Waals surface area contributed by atoms with Crippen molar-refractivity contribution in [3.63, 3.8) is 0 Å². The lowest BCUT2D eigenvalue weighted by molar-refractivity contribution is -0.682. The number of nitrogens with zero attached hydrogens (tertiary/aromatic N) is 1. The van der Waals surface area contributed by atoms with Gasteiger partial charge in [0.25, 0.3) is 5.91 Å². The molecule has 0 spiro atoms. The lowest BCUT2D eigenvalue weighted by Gasteiger charge is -2.05. The molecular formula is C17H14IN2O+. The first kappa shape index (κ1) is 14.0. The Bertz CT molecular complexity index is 801. The molecule has 3 nitrogen and oxygen atoms in total.